The van der Waals surface area contributed by atoms with Crippen LogP contribution in [-0.2, 0) is 29.1 Å². The Labute approximate surface area is 209 Å². The SMILES string of the molecule is COCCCN1C(=O)C(=O)C(=C(O)c2ccc(S(=O)(=O)N3CCOCC3)cc2)[C@H]1c1ccc(O)cc1. The van der Waals surface area contributed by atoms with Crippen LogP contribution >= 0.6 is 0 Å². The average molecular weight is 517 g/mol. The normalized spacial score (nSPS) is 20.7. The van der Waals surface area contributed by atoms with Crippen LogP contribution < -0.4 is 0 Å². The molecule has 0 bridgehead atoms. The van der Waals surface area contributed by atoms with Crippen LogP contribution in [0, 0.1) is 0 Å². The Kier molecular flexibility index (Phi) is 7.74. The van der Waals surface area contributed by atoms with Gasteiger partial charge in [-0.15, -0.1) is 0 Å². The number of carbonyl (C=O) groups is 2. The van der Waals surface area contributed by atoms with Crippen molar-refractivity contribution in [2.45, 2.75) is 17.4 Å². The molecule has 0 radical (unpaired) electrons. The maximum absolute atomic E-state index is 13.0. The molecular formula is C25H28N2O8S. The lowest BCUT2D eigenvalue weighted by Gasteiger charge is -2.26. The number of nitrogens with zero attached hydrogens (tertiary/aromatic N) is 2. The van der Waals surface area contributed by atoms with E-state index < -0.39 is 33.5 Å². The molecule has 2 N–H and O–H groups in total. The van der Waals surface area contributed by atoms with Crippen molar-refractivity contribution in [3.8, 4) is 5.75 Å². The summed E-state index contributed by atoms with van der Waals surface area (Å²) >= 11 is 0. The molecule has 0 unspecified atom stereocenters. The topological polar surface area (TPSA) is 134 Å². The number of benzene rings is 2. The van der Waals surface area contributed by atoms with Gasteiger partial charge in [0, 0.05) is 38.9 Å². The lowest BCUT2D eigenvalue weighted by atomic mass is 9.95. The van der Waals surface area contributed by atoms with E-state index >= 15 is 0 Å². The van der Waals surface area contributed by atoms with E-state index in [9.17, 15) is 28.2 Å². The molecule has 1 atom stereocenters. The highest BCUT2D eigenvalue weighted by molar-refractivity contribution is 7.89. The Morgan fingerprint density at radius 1 is 1.06 bits per heavy atom. The molecule has 2 heterocycles. The van der Waals surface area contributed by atoms with Gasteiger partial charge in [-0.2, -0.15) is 4.31 Å². The number of morpholine rings is 1. The number of carbonyl (C=O) groups excluding carboxylic acids is 2. The van der Waals surface area contributed by atoms with Crippen LogP contribution in [0.5, 0.6) is 5.75 Å². The van der Waals surface area contributed by atoms with Crippen molar-refractivity contribution in [2.24, 2.45) is 0 Å². The molecule has 2 aliphatic heterocycles. The zero-order valence-corrected chi connectivity index (χ0v) is 20.6. The number of rotatable bonds is 8. The number of ether oxygens (including phenoxy) is 2. The van der Waals surface area contributed by atoms with Gasteiger partial charge in [0.2, 0.25) is 10.0 Å². The van der Waals surface area contributed by atoms with Crippen molar-refractivity contribution in [1.82, 2.24) is 9.21 Å². The molecule has 2 fully saturated rings. The van der Waals surface area contributed by atoms with Crippen LogP contribution in [0.15, 0.2) is 59.0 Å². The Bertz CT molecular complexity index is 1250. The van der Waals surface area contributed by atoms with Crippen molar-refractivity contribution in [3.05, 3.63) is 65.2 Å². The zero-order valence-electron chi connectivity index (χ0n) is 19.8. The van der Waals surface area contributed by atoms with Crippen LogP contribution in [0.25, 0.3) is 5.76 Å². The predicted octanol–water partition coefficient (Wildman–Crippen LogP) is 1.87. The molecule has 0 saturated carbocycles. The van der Waals surface area contributed by atoms with Gasteiger partial charge in [0.05, 0.1) is 29.7 Å². The number of aliphatic hydroxyl groups excluding tert-OH is 1. The minimum atomic E-state index is -3.73. The standard InChI is InChI=1S/C25H28N2O8S/c1-34-14-2-11-27-22(17-3-7-19(28)8-4-17)21(24(30)25(27)31)23(29)18-5-9-20(10-6-18)36(32,33)26-12-15-35-16-13-26/h3-10,22,28-29H,2,11-16H2,1H3/t22-/m1/s1. The van der Waals surface area contributed by atoms with Gasteiger partial charge in [0.1, 0.15) is 11.5 Å². The number of sulfonamides is 1. The van der Waals surface area contributed by atoms with Crippen molar-refractivity contribution >= 4 is 27.5 Å². The number of hydrogen-bond acceptors (Lipinski definition) is 8. The maximum Gasteiger partial charge on any atom is 0.295 e. The van der Waals surface area contributed by atoms with E-state index in [1.807, 2.05) is 0 Å². The Hall–Kier alpha value is -3.25. The first-order valence-corrected chi connectivity index (χ1v) is 12.9. The fourth-order valence-electron chi connectivity index (χ4n) is 4.37. The minimum Gasteiger partial charge on any atom is -0.508 e. The summed E-state index contributed by atoms with van der Waals surface area (Å²) in [5.74, 6) is -1.98. The van der Waals surface area contributed by atoms with E-state index in [0.717, 1.165) is 0 Å². The first-order chi connectivity index (χ1) is 17.3. The highest BCUT2D eigenvalue weighted by atomic mass is 32.2. The van der Waals surface area contributed by atoms with Gasteiger partial charge in [-0.25, -0.2) is 8.42 Å². The summed E-state index contributed by atoms with van der Waals surface area (Å²) in [4.78, 5) is 27.4. The summed E-state index contributed by atoms with van der Waals surface area (Å²) in [7, 11) is -2.20. The summed E-state index contributed by atoms with van der Waals surface area (Å²) in [5.41, 5.74) is 0.638. The molecule has 0 spiro atoms. The molecule has 10 nitrogen and oxygen atoms in total. The summed E-state index contributed by atoms with van der Waals surface area (Å²) in [6.07, 6.45) is 0.478. The minimum absolute atomic E-state index is 0.0205. The third-order valence-electron chi connectivity index (χ3n) is 6.23. The fraction of sp³-hybridized carbons (Fsp3) is 0.360. The first-order valence-electron chi connectivity index (χ1n) is 11.5. The molecule has 192 valence electrons. The monoisotopic (exact) mass is 516 g/mol. The van der Waals surface area contributed by atoms with Gasteiger partial charge in [-0.05, 0) is 48.4 Å². The molecule has 2 aromatic carbocycles. The molecule has 36 heavy (non-hydrogen) atoms. The van der Waals surface area contributed by atoms with Gasteiger partial charge in [-0.1, -0.05) is 12.1 Å². The molecule has 4 rings (SSSR count). The van der Waals surface area contributed by atoms with Gasteiger partial charge >= 0.3 is 0 Å². The largest absolute Gasteiger partial charge is 0.508 e. The molecule has 2 aromatic rings. The predicted molar refractivity (Wildman–Crippen MR) is 130 cm³/mol. The number of likely N-dealkylation sites (tertiary alicyclic amines) is 1. The van der Waals surface area contributed by atoms with E-state index in [2.05, 4.69) is 0 Å². The van der Waals surface area contributed by atoms with Gasteiger partial charge in [0.25, 0.3) is 11.7 Å². The summed E-state index contributed by atoms with van der Waals surface area (Å²) in [6.45, 7) is 1.74. The van der Waals surface area contributed by atoms with Crippen LogP contribution in [0.1, 0.15) is 23.6 Å². The molecule has 0 aliphatic carbocycles. The first kappa shape index (κ1) is 25.8. The molecule has 2 aliphatic rings. The Morgan fingerprint density at radius 3 is 2.31 bits per heavy atom. The number of hydrogen-bond donors (Lipinski definition) is 2. The lowest BCUT2D eigenvalue weighted by Crippen LogP contribution is -2.40. The Balaban J connectivity index is 1.71. The number of phenolic OH excluding ortho intramolecular Hbond substituents is 1. The van der Waals surface area contributed by atoms with E-state index in [4.69, 9.17) is 9.47 Å². The van der Waals surface area contributed by atoms with E-state index in [1.54, 1.807) is 12.1 Å². The summed E-state index contributed by atoms with van der Waals surface area (Å²) in [6, 6.07) is 10.7. The van der Waals surface area contributed by atoms with Crippen LogP contribution in [-0.4, -0.2) is 86.1 Å². The van der Waals surface area contributed by atoms with E-state index in [0.29, 0.717) is 31.8 Å². The van der Waals surface area contributed by atoms with Crippen LogP contribution in [0.4, 0.5) is 0 Å². The number of amides is 1. The number of ketones is 1. The van der Waals surface area contributed by atoms with Gasteiger partial charge in [-0.3, -0.25) is 9.59 Å². The lowest BCUT2D eigenvalue weighted by molar-refractivity contribution is -0.140. The third kappa shape index (κ3) is 5.00. The van der Waals surface area contributed by atoms with Crippen molar-refractivity contribution in [1.29, 1.82) is 0 Å². The van der Waals surface area contributed by atoms with Gasteiger partial charge in [0.15, 0.2) is 0 Å². The van der Waals surface area contributed by atoms with Crippen molar-refractivity contribution < 1.29 is 37.7 Å². The smallest absolute Gasteiger partial charge is 0.295 e. The van der Waals surface area contributed by atoms with E-state index in [-0.39, 0.29) is 41.4 Å². The maximum atomic E-state index is 13.0. The highest BCUT2D eigenvalue weighted by Gasteiger charge is 2.45. The molecule has 11 heteroatoms. The number of phenols is 1. The second-order valence-corrected chi connectivity index (χ2v) is 10.4. The number of aliphatic hydroxyl groups is 1. The molecular weight excluding hydrogens is 488 g/mol. The number of Topliss-reactive ketones (excluding diaryl/α,β-unsaturated/α-hetero) is 1. The summed E-state index contributed by atoms with van der Waals surface area (Å²) < 4.78 is 37.4. The van der Waals surface area contributed by atoms with Crippen LogP contribution in [0.2, 0.25) is 0 Å². The third-order valence-corrected chi connectivity index (χ3v) is 8.14. The highest BCUT2D eigenvalue weighted by Crippen LogP contribution is 2.40. The van der Waals surface area contributed by atoms with Crippen molar-refractivity contribution in [2.75, 3.05) is 46.6 Å². The van der Waals surface area contributed by atoms with Crippen molar-refractivity contribution in [3.63, 3.8) is 0 Å². The molecule has 1 amide bonds. The number of methoxy groups -OCH3 is 1. The molecule has 0 aromatic heterocycles. The van der Waals surface area contributed by atoms with Crippen LogP contribution in [0.3, 0.4) is 0 Å². The zero-order chi connectivity index (χ0) is 25.9. The molecule has 2 saturated heterocycles. The number of aromatic hydroxyl groups is 1. The van der Waals surface area contributed by atoms with Gasteiger partial charge < -0.3 is 24.6 Å². The Morgan fingerprint density at radius 2 is 1.69 bits per heavy atom. The second kappa shape index (κ2) is 10.8. The van der Waals surface area contributed by atoms with E-state index in [1.165, 1.54) is 52.7 Å². The quantitative estimate of drug-likeness (QED) is 0.235. The summed E-state index contributed by atoms with van der Waals surface area (Å²) in [5, 5.41) is 20.9. The average Bonchev–Trinajstić information content (AvgIpc) is 3.14. The fourth-order valence-corrected chi connectivity index (χ4v) is 5.78. The second-order valence-electron chi connectivity index (χ2n) is 8.47.